The first kappa shape index (κ1) is 17.3. The van der Waals surface area contributed by atoms with E-state index in [4.69, 9.17) is 4.74 Å². The molecular formula is C18H26N2O3. The number of piperidine rings is 1. The molecule has 1 aliphatic rings. The summed E-state index contributed by atoms with van der Waals surface area (Å²) in [5.41, 5.74) is 0.979. The summed E-state index contributed by atoms with van der Waals surface area (Å²) in [5.74, 6) is 0.806. The number of methoxy groups -OCH3 is 1. The van der Waals surface area contributed by atoms with Gasteiger partial charge in [-0.3, -0.25) is 9.59 Å². The second-order valence-corrected chi connectivity index (χ2v) is 5.88. The first-order chi connectivity index (χ1) is 11.0. The van der Waals surface area contributed by atoms with Gasteiger partial charge in [-0.15, -0.1) is 0 Å². The van der Waals surface area contributed by atoms with Crippen molar-refractivity contribution in [1.82, 2.24) is 9.80 Å². The smallest absolute Gasteiger partial charge is 0.228 e. The Hall–Kier alpha value is -2.04. The Morgan fingerprint density at radius 1 is 1.26 bits per heavy atom. The molecule has 1 heterocycles. The zero-order valence-corrected chi connectivity index (χ0v) is 14.4. The van der Waals surface area contributed by atoms with Crippen molar-refractivity contribution in [3.05, 3.63) is 29.8 Å². The summed E-state index contributed by atoms with van der Waals surface area (Å²) in [4.78, 5) is 28.6. The third-order valence-electron chi connectivity index (χ3n) is 4.71. The lowest BCUT2D eigenvalue weighted by molar-refractivity contribution is -0.146. The SMILES string of the molecule is CCN(CC)C(=O)[C@H]1CCC(=O)N(C)[C@H]1c1ccc(OC)cc1. The van der Waals surface area contributed by atoms with Crippen molar-refractivity contribution in [3.63, 3.8) is 0 Å². The maximum atomic E-state index is 12.9. The Kier molecular flexibility index (Phi) is 5.64. The van der Waals surface area contributed by atoms with Gasteiger partial charge < -0.3 is 14.5 Å². The van der Waals surface area contributed by atoms with Gasteiger partial charge in [-0.05, 0) is 38.0 Å². The number of ether oxygens (including phenoxy) is 1. The van der Waals surface area contributed by atoms with Crippen LogP contribution in [-0.2, 0) is 9.59 Å². The maximum Gasteiger partial charge on any atom is 0.228 e. The van der Waals surface area contributed by atoms with Crippen LogP contribution in [0.15, 0.2) is 24.3 Å². The number of carbonyl (C=O) groups excluding carboxylic acids is 2. The molecule has 0 unspecified atom stereocenters. The van der Waals surface area contributed by atoms with Gasteiger partial charge in [-0.1, -0.05) is 12.1 Å². The third kappa shape index (κ3) is 3.49. The van der Waals surface area contributed by atoms with E-state index in [0.717, 1.165) is 11.3 Å². The molecule has 0 spiro atoms. The molecule has 0 aliphatic carbocycles. The van der Waals surface area contributed by atoms with Crippen molar-refractivity contribution in [3.8, 4) is 5.75 Å². The van der Waals surface area contributed by atoms with Gasteiger partial charge in [0, 0.05) is 26.6 Å². The van der Waals surface area contributed by atoms with Crippen molar-refractivity contribution in [1.29, 1.82) is 0 Å². The molecule has 0 bridgehead atoms. The molecule has 23 heavy (non-hydrogen) atoms. The second-order valence-electron chi connectivity index (χ2n) is 5.88. The Morgan fingerprint density at radius 3 is 2.39 bits per heavy atom. The molecule has 5 heteroatoms. The molecule has 0 N–H and O–H groups in total. The first-order valence-corrected chi connectivity index (χ1v) is 8.21. The summed E-state index contributed by atoms with van der Waals surface area (Å²) in [5, 5.41) is 0. The molecule has 0 saturated carbocycles. The van der Waals surface area contributed by atoms with Gasteiger partial charge in [0.25, 0.3) is 0 Å². The van der Waals surface area contributed by atoms with Crippen LogP contribution in [0.25, 0.3) is 0 Å². The van der Waals surface area contributed by atoms with Crippen LogP contribution in [0.5, 0.6) is 5.75 Å². The van der Waals surface area contributed by atoms with E-state index in [2.05, 4.69) is 0 Å². The Bertz CT molecular complexity index is 552. The van der Waals surface area contributed by atoms with Gasteiger partial charge in [0.1, 0.15) is 5.75 Å². The average molecular weight is 318 g/mol. The summed E-state index contributed by atoms with van der Waals surface area (Å²) in [6.07, 6.45) is 1.04. The number of rotatable bonds is 5. The van der Waals surface area contributed by atoms with Gasteiger partial charge in [-0.2, -0.15) is 0 Å². The van der Waals surface area contributed by atoms with Crippen LogP contribution in [0.4, 0.5) is 0 Å². The number of amides is 2. The summed E-state index contributed by atoms with van der Waals surface area (Å²) in [6, 6.07) is 7.43. The lowest BCUT2D eigenvalue weighted by Crippen LogP contribution is -2.47. The fraction of sp³-hybridized carbons (Fsp3) is 0.556. The topological polar surface area (TPSA) is 49.9 Å². The number of nitrogens with zero attached hydrogens (tertiary/aromatic N) is 2. The van der Waals surface area contributed by atoms with Crippen LogP contribution in [0.3, 0.4) is 0 Å². The van der Waals surface area contributed by atoms with E-state index in [1.165, 1.54) is 0 Å². The number of likely N-dealkylation sites (tertiary alicyclic amines) is 1. The van der Waals surface area contributed by atoms with Gasteiger partial charge in [0.05, 0.1) is 19.1 Å². The van der Waals surface area contributed by atoms with Crippen molar-refractivity contribution in [2.45, 2.75) is 32.7 Å². The van der Waals surface area contributed by atoms with E-state index in [9.17, 15) is 9.59 Å². The largest absolute Gasteiger partial charge is 0.497 e. The molecule has 0 radical (unpaired) electrons. The lowest BCUT2D eigenvalue weighted by atomic mass is 9.83. The van der Waals surface area contributed by atoms with Gasteiger partial charge in [0.15, 0.2) is 0 Å². The second kappa shape index (κ2) is 7.49. The van der Waals surface area contributed by atoms with Crippen LogP contribution in [0, 0.1) is 5.92 Å². The molecule has 1 fully saturated rings. The highest BCUT2D eigenvalue weighted by Crippen LogP contribution is 2.37. The quantitative estimate of drug-likeness (QED) is 0.838. The molecule has 5 nitrogen and oxygen atoms in total. The Balaban J connectivity index is 2.34. The van der Waals surface area contributed by atoms with E-state index >= 15 is 0 Å². The highest BCUT2D eigenvalue weighted by Gasteiger charge is 2.40. The number of hydrogen-bond donors (Lipinski definition) is 0. The molecule has 1 aromatic rings. The highest BCUT2D eigenvalue weighted by molar-refractivity contribution is 5.85. The monoisotopic (exact) mass is 318 g/mol. The minimum absolute atomic E-state index is 0.0921. The van der Waals surface area contributed by atoms with E-state index in [1.807, 2.05) is 43.0 Å². The van der Waals surface area contributed by atoms with Gasteiger partial charge in [-0.25, -0.2) is 0 Å². The standard InChI is InChI=1S/C18H26N2O3/c1-5-20(6-2)18(22)15-11-12-16(21)19(3)17(15)13-7-9-14(23-4)10-8-13/h7-10,15,17H,5-6,11-12H2,1-4H3/t15-,17-/m0/s1. The molecule has 0 aromatic heterocycles. The Morgan fingerprint density at radius 2 is 1.87 bits per heavy atom. The fourth-order valence-electron chi connectivity index (χ4n) is 3.32. The number of carbonyl (C=O) groups is 2. The Labute approximate surface area is 138 Å². The van der Waals surface area contributed by atoms with E-state index in [1.54, 1.807) is 19.1 Å². The lowest BCUT2D eigenvalue weighted by Gasteiger charge is -2.40. The van der Waals surface area contributed by atoms with Crippen LogP contribution in [-0.4, -0.2) is 48.9 Å². The van der Waals surface area contributed by atoms with Crippen molar-refractivity contribution in [2.75, 3.05) is 27.2 Å². The van der Waals surface area contributed by atoms with Crippen molar-refractivity contribution >= 4 is 11.8 Å². The molecule has 2 rings (SSSR count). The first-order valence-electron chi connectivity index (χ1n) is 8.21. The predicted octanol–water partition coefficient (Wildman–Crippen LogP) is 2.47. The normalized spacial score (nSPS) is 21.2. The molecule has 1 aromatic carbocycles. The zero-order valence-electron chi connectivity index (χ0n) is 14.4. The summed E-state index contributed by atoms with van der Waals surface area (Å²) in [7, 11) is 3.41. The summed E-state index contributed by atoms with van der Waals surface area (Å²) in [6.45, 7) is 5.36. The molecule has 1 saturated heterocycles. The third-order valence-corrected chi connectivity index (χ3v) is 4.71. The van der Waals surface area contributed by atoms with Crippen LogP contribution < -0.4 is 4.74 Å². The van der Waals surface area contributed by atoms with Crippen molar-refractivity contribution < 1.29 is 14.3 Å². The summed E-state index contributed by atoms with van der Waals surface area (Å²) >= 11 is 0. The van der Waals surface area contributed by atoms with Crippen LogP contribution >= 0.6 is 0 Å². The average Bonchev–Trinajstić information content (AvgIpc) is 2.58. The molecule has 2 amide bonds. The van der Waals surface area contributed by atoms with Crippen LogP contribution in [0.2, 0.25) is 0 Å². The van der Waals surface area contributed by atoms with Crippen LogP contribution in [0.1, 0.15) is 38.3 Å². The van der Waals surface area contributed by atoms with Crippen molar-refractivity contribution in [2.24, 2.45) is 5.92 Å². The van der Waals surface area contributed by atoms with Gasteiger partial charge in [0.2, 0.25) is 11.8 Å². The maximum absolute atomic E-state index is 12.9. The predicted molar refractivity (Wildman–Crippen MR) is 89.2 cm³/mol. The molecule has 2 atom stereocenters. The number of benzene rings is 1. The molecule has 126 valence electrons. The highest BCUT2D eigenvalue weighted by atomic mass is 16.5. The fourth-order valence-corrected chi connectivity index (χ4v) is 3.32. The van der Waals surface area contributed by atoms with E-state index < -0.39 is 0 Å². The minimum Gasteiger partial charge on any atom is -0.497 e. The molecular weight excluding hydrogens is 292 g/mol. The molecule has 1 aliphatic heterocycles. The van der Waals surface area contributed by atoms with E-state index in [-0.39, 0.29) is 23.8 Å². The summed E-state index contributed by atoms with van der Waals surface area (Å²) < 4.78 is 5.20. The minimum atomic E-state index is -0.213. The van der Waals surface area contributed by atoms with E-state index in [0.29, 0.717) is 25.9 Å². The zero-order chi connectivity index (χ0) is 17.0. The number of hydrogen-bond acceptors (Lipinski definition) is 3. The van der Waals surface area contributed by atoms with Gasteiger partial charge >= 0.3 is 0 Å².